The highest BCUT2D eigenvalue weighted by molar-refractivity contribution is 7.92. The van der Waals surface area contributed by atoms with E-state index in [4.69, 9.17) is 23.2 Å². The predicted octanol–water partition coefficient (Wildman–Crippen LogP) is 5.36. The molecule has 0 saturated heterocycles. The van der Waals surface area contributed by atoms with Gasteiger partial charge in [-0.1, -0.05) is 74.2 Å². The van der Waals surface area contributed by atoms with Crippen molar-refractivity contribution in [1.29, 1.82) is 0 Å². The lowest BCUT2D eigenvalue weighted by Crippen LogP contribution is -2.52. The molecule has 7 nitrogen and oxygen atoms in total. The molecule has 1 fully saturated rings. The number of halogens is 2. The Morgan fingerprint density at radius 1 is 1.03 bits per heavy atom. The van der Waals surface area contributed by atoms with Crippen LogP contribution in [0.3, 0.4) is 0 Å². The minimum atomic E-state index is -3.81. The summed E-state index contributed by atoms with van der Waals surface area (Å²) in [4.78, 5) is 28.3. The summed E-state index contributed by atoms with van der Waals surface area (Å²) in [6.45, 7) is 5.22. The number of hydrogen-bond donors (Lipinski definition) is 1. The Bertz CT molecular complexity index is 1230. The van der Waals surface area contributed by atoms with Gasteiger partial charge in [0.25, 0.3) is 0 Å². The van der Waals surface area contributed by atoms with E-state index in [1.165, 1.54) is 4.90 Å². The molecule has 0 aliphatic heterocycles. The number of hydrogen-bond acceptors (Lipinski definition) is 4. The van der Waals surface area contributed by atoms with Crippen LogP contribution in [0.15, 0.2) is 42.5 Å². The maximum Gasteiger partial charge on any atom is 0.244 e. The highest BCUT2D eigenvalue weighted by Crippen LogP contribution is 2.30. The SMILES string of the molecule is CC(C)c1ccccc1N(CC(=O)N(Cc1ccc(Cl)c(Cl)c1)C(C)C(=O)NC1CCCC1)S(C)(=O)=O. The van der Waals surface area contributed by atoms with Crippen LogP contribution >= 0.6 is 23.2 Å². The van der Waals surface area contributed by atoms with Crippen molar-refractivity contribution in [2.75, 3.05) is 17.1 Å². The highest BCUT2D eigenvalue weighted by Gasteiger charge is 2.32. The molecule has 0 heterocycles. The summed E-state index contributed by atoms with van der Waals surface area (Å²) in [6, 6.07) is 11.4. The lowest BCUT2D eigenvalue weighted by atomic mass is 10.0. The van der Waals surface area contributed by atoms with Crippen molar-refractivity contribution < 1.29 is 18.0 Å². The second-order valence-electron chi connectivity index (χ2n) is 9.92. The molecule has 0 aromatic heterocycles. The topological polar surface area (TPSA) is 86.8 Å². The Kier molecular flexibility index (Phi) is 9.89. The number of nitrogens with zero attached hydrogens (tertiary/aromatic N) is 2. The maximum absolute atomic E-state index is 13.8. The second-order valence-corrected chi connectivity index (χ2v) is 12.6. The number of carbonyl (C=O) groups excluding carboxylic acids is 2. The molecule has 1 atom stereocenters. The van der Waals surface area contributed by atoms with Crippen LogP contribution in [0.2, 0.25) is 10.0 Å². The number of rotatable bonds is 10. The smallest absolute Gasteiger partial charge is 0.244 e. The summed E-state index contributed by atoms with van der Waals surface area (Å²) < 4.78 is 26.9. The average molecular weight is 569 g/mol. The van der Waals surface area contributed by atoms with Gasteiger partial charge in [0.15, 0.2) is 0 Å². The largest absolute Gasteiger partial charge is 0.352 e. The number of anilines is 1. The molecule has 2 amide bonds. The zero-order chi connectivity index (χ0) is 27.3. The fourth-order valence-corrected chi connectivity index (χ4v) is 5.80. The Labute approximate surface area is 230 Å². The third-order valence-electron chi connectivity index (χ3n) is 6.71. The second kappa shape index (κ2) is 12.5. The van der Waals surface area contributed by atoms with Crippen molar-refractivity contribution in [2.24, 2.45) is 0 Å². The third kappa shape index (κ3) is 7.62. The van der Waals surface area contributed by atoms with E-state index in [9.17, 15) is 18.0 Å². The first-order valence-electron chi connectivity index (χ1n) is 12.5. The first-order valence-corrected chi connectivity index (χ1v) is 15.1. The van der Waals surface area contributed by atoms with Crippen LogP contribution in [0.1, 0.15) is 63.5 Å². The van der Waals surface area contributed by atoms with Gasteiger partial charge >= 0.3 is 0 Å². The fraction of sp³-hybridized carbons (Fsp3) is 0.481. The molecule has 2 aromatic rings. The van der Waals surface area contributed by atoms with Gasteiger partial charge < -0.3 is 10.2 Å². The Morgan fingerprint density at radius 2 is 1.68 bits per heavy atom. The molecule has 0 bridgehead atoms. The zero-order valence-electron chi connectivity index (χ0n) is 21.7. The minimum Gasteiger partial charge on any atom is -0.352 e. The van der Waals surface area contributed by atoms with Gasteiger partial charge in [0, 0.05) is 12.6 Å². The van der Waals surface area contributed by atoms with E-state index in [0.29, 0.717) is 21.3 Å². The van der Waals surface area contributed by atoms with Crippen molar-refractivity contribution in [3.8, 4) is 0 Å². The lowest BCUT2D eigenvalue weighted by molar-refractivity contribution is -0.139. The van der Waals surface area contributed by atoms with Crippen molar-refractivity contribution >= 4 is 50.7 Å². The van der Waals surface area contributed by atoms with E-state index >= 15 is 0 Å². The molecule has 3 rings (SSSR count). The summed E-state index contributed by atoms with van der Waals surface area (Å²) >= 11 is 12.3. The van der Waals surface area contributed by atoms with E-state index in [0.717, 1.165) is 41.8 Å². The van der Waals surface area contributed by atoms with Crippen LogP contribution < -0.4 is 9.62 Å². The van der Waals surface area contributed by atoms with Gasteiger partial charge in [-0.25, -0.2) is 8.42 Å². The van der Waals surface area contributed by atoms with Crippen molar-refractivity contribution in [1.82, 2.24) is 10.2 Å². The average Bonchev–Trinajstić information content (AvgIpc) is 3.34. The van der Waals surface area contributed by atoms with Crippen molar-refractivity contribution in [3.63, 3.8) is 0 Å². The Morgan fingerprint density at radius 3 is 2.27 bits per heavy atom. The van der Waals surface area contributed by atoms with Crippen LogP contribution in [0.25, 0.3) is 0 Å². The minimum absolute atomic E-state index is 0.0407. The number of para-hydroxylation sites is 1. The fourth-order valence-electron chi connectivity index (χ4n) is 4.61. The molecule has 1 unspecified atom stereocenters. The standard InChI is InChI=1S/C27H35Cl2N3O4S/c1-18(2)22-11-7-8-12-25(22)32(37(4,35)36)17-26(33)31(16-20-13-14-23(28)24(29)15-20)19(3)27(34)30-21-9-5-6-10-21/h7-8,11-15,18-19,21H,5-6,9-10,16-17H2,1-4H3,(H,30,34). The van der Waals surface area contributed by atoms with Crippen molar-refractivity contribution in [3.05, 3.63) is 63.6 Å². The third-order valence-corrected chi connectivity index (χ3v) is 8.58. The molecule has 1 aliphatic carbocycles. The summed E-state index contributed by atoms with van der Waals surface area (Å²) in [5, 5.41) is 3.76. The Hall–Kier alpha value is -2.29. The lowest BCUT2D eigenvalue weighted by Gasteiger charge is -2.33. The van der Waals surface area contributed by atoms with E-state index in [2.05, 4.69) is 5.32 Å². The summed E-state index contributed by atoms with van der Waals surface area (Å²) in [7, 11) is -3.81. The normalized spacial score (nSPS) is 15.0. The van der Waals surface area contributed by atoms with E-state index in [1.54, 1.807) is 37.3 Å². The van der Waals surface area contributed by atoms with Gasteiger partial charge in [-0.05, 0) is 55.0 Å². The number of benzene rings is 2. The molecule has 2 aromatic carbocycles. The van der Waals surface area contributed by atoms with Crippen LogP contribution in [0, 0.1) is 0 Å². The number of carbonyl (C=O) groups is 2. The maximum atomic E-state index is 13.8. The first-order chi connectivity index (χ1) is 17.4. The number of amides is 2. The van der Waals surface area contributed by atoms with E-state index in [-0.39, 0.29) is 24.4 Å². The van der Waals surface area contributed by atoms with Crippen LogP contribution in [0.4, 0.5) is 5.69 Å². The van der Waals surface area contributed by atoms with Gasteiger partial charge in [0.2, 0.25) is 21.8 Å². The first kappa shape index (κ1) is 29.3. The van der Waals surface area contributed by atoms with Gasteiger partial charge in [-0.2, -0.15) is 0 Å². The highest BCUT2D eigenvalue weighted by atomic mass is 35.5. The monoisotopic (exact) mass is 567 g/mol. The summed E-state index contributed by atoms with van der Waals surface area (Å²) in [5.41, 5.74) is 1.94. The molecule has 37 heavy (non-hydrogen) atoms. The zero-order valence-corrected chi connectivity index (χ0v) is 24.0. The molecular formula is C27H35Cl2N3O4S. The molecule has 1 saturated carbocycles. The molecule has 0 spiro atoms. The number of sulfonamides is 1. The molecule has 10 heteroatoms. The van der Waals surface area contributed by atoms with Crippen LogP contribution in [-0.4, -0.2) is 50.0 Å². The van der Waals surface area contributed by atoms with Crippen molar-refractivity contribution in [2.45, 2.75) is 71.0 Å². The molecule has 1 N–H and O–H groups in total. The van der Waals surface area contributed by atoms with E-state index in [1.807, 2.05) is 26.0 Å². The number of nitrogens with one attached hydrogen (secondary N) is 1. The van der Waals surface area contributed by atoms with Gasteiger partial charge in [0.05, 0.1) is 22.0 Å². The molecular weight excluding hydrogens is 533 g/mol. The quantitative estimate of drug-likeness (QED) is 0.418. The summed E-state index contributed by atoms with van der Waals surface area (Å²) in [6.07, 6.45) is 5.02. The van der Waals surface area contributed by atoms with Crippen LogP contribution in [0.5, 0.6) is 0 Å². The van der Waals surface area contributed by atoms with Gasteiger partial charge in [-0.3, -0.25) is 13.9 Å². The Balaban J connectivity index is 1.94. The van der Waals surface area contributed by atoms with Crippen LogP contribution in [-0.2, 0) is 26.2 Å². The van der Waals surface area contributed by atoms with Gasteiger partial charge in [0.1, 0.15) is 12.6 Å². The summed E-state index contributed by atoms with van der Waals surface area (Å²) in [5.74, 6) is -0.725. The molecule has 202 valence electrons. The molecule has 0 radical (unpaired) electrons. The predicted molar refractivity (Wildman–Crippen MR) is 150 cm³/mol. The van der Waals surface area contributed by atoms with E-state index < -0.39 is 28.5 Å². The van der Waals surface area contributed by atoms with Gasteiger partial charge in [-0.15, -0.1) is 0 Å². The molecule has 1 aliphatic rings.